The van der Waals surface area contributed by atoms with Crippen molar-refractivity contribution in [1.82, 2.24) is 5.32 Å². The number of furan rings is 1. The van der Waals surface area contributed by atoms with Crippen molar-refractivity contribution in [2.75, 3.05) is 13.2 Å². The van der Waals surface area contributed by atoms with Crippen molar-refractivity contribution in [2.24, 2.45) is 0 Å². The molecule has 0 unspecified atom stereocenters. The number of hydrogen-bond acceptors (Lipinski definition) is 4. The van der Waals surface area contributed by atoms with Crippen LogP contribution in [0.2, 0.25) is 0 Å². The van der Waals surface area contributed by atoms with Gasteiger partial charge in [0.2, 0.25) is 0 Å². The molecule has 1 aliphatic rings. The second-order valence-corrected chi connectivity index (χ2v) is 6.06. The molecule has 0 radical (unpaired) electrons. The van der Waals surface area contributed by atoms with Crippen LogP contribution < -0.4 is 5.32 Å². The Morgan fingerprint density at radius 2 is 1.88 bits per heavy atom. The van der Waals surface area contributed by atoms with Crippen LogP contribution in [0.5, 0.6) is 0 Å². The van der Waals surface area contributed by atoms with Gasteiger partial charge in [-0.25, -0.2) is 4.39 Å². The molecule has 1 fully saturated rings. The number of carboxylic acids is 1. The maximum absolute atomic E-state index is 13.8. The molecule has 2 aromatic rings. The molecule has 0 atom stereocenters. The van der Waals surface area contributed by atoms with Crippen molar-refractivity contribution in [3.63, 3.8) is 0 Å². The Balaban J connectivity index is 1.79. The zero-order valence-electron chi connectivity index (χ0n) is 13.5. The summed E-state index contributed by atoms with van der Waals surface area (Å²) in [5.74, 6) is -1.72. The average molecular weight is 347 g/mol. The standard InChI is InChI=1S/C18H18FNO5/c19-13-4-2-1-3-12(13)14-5-6-15(25-14)17(23)20-18(11-16(21)22)7-9-24-10-8-18/h1-6H,7-11H2,(H,20,23)(H,21,22). The van der Waals surface area contributed by atoms with Crippen LogP contribution in [0, 0.1) is 5.82 Å². The maximum atomic E-state index is 13.8. The van der Waals surface area contributed by atoms with Gasteiger partial charge in [0.05, 0.1) is 17.5 Å². The quantitative estimate of drug-likeness (QED) is 0.868. The van der Waals surface area contributed by atoms with E-state index in [1.807, 2.05) is 0 Å². The molecule has 0 bridgehead atoms. The minimum Gasteiger partial charge on any atom is -0.481 e. The van der Waals surface area contributed by atoms with Gasteiger partial charge >= 0.3 is 5.97 Å². The van der Waals surface area contributed by atoms with Gasteiger partial charge < -0.3 is 19.6 Å². The second-order valence-electron chi connectivity index (χ2n) is 6.06. The van der Waals surface area contributed by atoms with E-state index in [2.05, 4.69) is 5.32 Å². The molecular weight excluding hydrogens is 329 g/mol. The summed E-state index contributed by atoms with van der Waals surface area (Å²) in [4.78, 5) is 23.7. The Bertz CT molecular complexity index is 779. The van der Waals surface area contributed by atoms with Crippen LogP contribution in [-0.2, 0) is 9.53 Å². The molecule has 1 aromatic heterocycles. The molecule has 3 rings (SSSR count). The summed E-state index contributed by atoms with van der Waals surface area (Å²) in [6.07, 6.45) is 0.626. The van der Waals surface area contributed by atoms with Gasteiger partial charge in [0.1, 0.15) is 11.6 Å². The lowest BCUT2D eigenvalue weighted by atomic mass is 9.86. The van der Waals surface area contributed by atoms with E-state index in [9.17, 15) is 14.0 Å². The highest BCUT2D eigenvalue weighted by Gasteiger charge is 2.37. The van der Waals surface area contributed by atoms with Crippen molar-refractivity contribution < 1.29 is 28.2 Å². The molecule has 7 heteroatoms. The fourth-order valence-electron chi connectivity index (χ4n) is 2.97. The third-order valence-corrected chi connectivity index (χ3v) is 4.29. The van der Waals surface area contributed by atoms with Crippen LogP contribution in [-0.4, -0.2) is 35.7 Å². The first-order chi connectivity index (χ1) is 12.0. The van der Waals surface area contributed by atoms with E-state index in [4.69, 9.17) is 14.3 Å². The van der Waals surface area contributed by atoms with Gasteiger partial charge in [-0.15, -0.1) is 0 Å². The summed E-state index contributed by atoms with van der Waals surface area (Å²) in [5.41, 5.74) is -0.612. The Kier molecular flexibility index (Phi) is 4.85. The summed E-state index contributed by atoms with van der Waals surface area (Å²) in [5, 5.41) is 11.9. The van der Waals surface area contributed by atoms with Gasteiger partial charge in [-0.1, -0.05) is 12.1 Å². The third-order valence-electron chi connectivity index (χ3n) is 4.29. The van der Waals surface area contributed by atoms with Crippen LogP contribution in [0.4, 0.5) is 4.39 Å². The lowest BCUT2D eigenvalue weighted by Gasteiger charge is -2.36. The van der Waals surface area contributed by atoms with E-state index in [1.165, 1.54) is 18.2 Å². The normalized spacial score (nSPS) is 16.4. The molecule has 1 aromatic carbocycles. The molecule has 0 spiro atoms. The van der Waals surface area contributed by atoms with Gasteiger partial charge in [0.15, 0.2) is 5.76 Å². The van der Waals surface area contributed by atoms with Crippen LogP contribution in [0.1, 0.15) is 29.8 Å². The summed E-state index contributed by atoms with van der Waals surface area (Å²) < 4.78 is 24.6. The first-order valence-corrected chi connectivity index (χ1v) is 7.96. The first kappa shape index (κ1) is 17.2. The molecule has 6 nitrogen and oxygen atoms in total. The minimum absolute atomic E-state index is 0.00880. The third kappa shape index (κ3) is 3.88. The number of rotatable bonds is 5. The van der Waals surface area contributed by atoms with Gasteiger partial charge in [0.25, 0.3) is 5.91 Å². The van der Waals surface area contributed by atoms with Crippen LogP contribution in [0.3, 0.4) is 0 Å². The molecule has 0 saturated carbocycles. The Morgan fingerprint density at radius 1 is 1.16 bits per heavy atom. The second kappa shape index (κ2) is 7.06. The van der Waals surface area contributed by atoms with Gasteiger partial charge in [-0.3, -0.25) is 9.59 Å². The maximum Gasteiger partial charge on any atom is 0.305 e. The number of nitrogens with one attached hydrogen (secondary N) is 1. The number of aliphatic carboxylic acids is 1. The molecular formula is C18H18FNO5. The highest BCUT2D eigenvalue weighted by atomic mass is 19.1. The summed E-state index contributed by atoms with van der Waals surface area (Å²) in [6, 6.07) is 9.06. The highest BCUT2D eigenvalue weighted by Crippen LogP contribution is 2.27. The Hall–Kier alpha value is -2.67. The smallest absolute Gasteiger partial charge is 0.305 e. The molecule has 0 aliphatic carbocycles. The number of ether oxygens (including phenoxy) is 1. The predicted octanol–water partition coefficient (Wildman–Crippen LogP) is 2.84. The van der Waals surface area contributed by atoms with E-state index in [1.54, 1.807) is 18.2 Å². The number of benzene rings is 1. The first-order valence-electron chi connectivity index (χ1n) is 7.96. The average Bonchev–Trinajstić information content (AvgIpc) is 3.05. The lowest BCUT2D eigenvalue weighted by Crippen LogP contribution is -2.53. The topological polar surface area (TPSA) is 88.8 Å². The molecule has 25 heavy (non-hydrogen) atoms. The zero-order valence-corrected chi connectivity index (χ0v) is 13.5. The Morgan fingerprint density at radius 3 is 2.56 bits per heavy atom. The zero-order chi connectivity index (χ0) is 17.9. The number of carboxylic acid groups (broad SMARTS) is 1. The van der Waals surface area contributed by atoms with Crippen LogP contribution >= 0.6 is 0 Å². The minimum atomic E-state index is -0.992. The van der Waals surface area contributed by atoms with E-state index < -0.39 is 23.2 Å². The van der Waals surface area contributed by atoms with E-state index in [0.29, 0.717) is 26.1 Å². The number of carbonyl (C=O) groups excluding carboxylic acids is 1. The van der Waals surface area contributed by atoms with Crippen molar-refractivity contribution in [2.45, 2.75) is 24.8 Å². The number of hydrogen-bond donors (Lipinski definition) is 2. The lowest BCUT2D eigenvalue weighted by molar-refractivity contribution is -0.139. The summed E-state index contributed by atoms with van der Waals surface area (Å²) in [6.45, 7) is 0.762. The van der Waals surface area contributed by atoms with Crippen molar-refractivity contribution in [1.29, 1.82) is 0 Å². The van der Waals surface area contributed by atoms with Crippen molar-refractivity contribution in [3.05, 3.63) is 48.0 Å². The molecule has 2 N–H and O–H groups in total. The van der Waals surface area contributed by atoms with E-state index in [0.717, 1.165) is 0 Å². The fraction of sp³-hybridized carbons (Fsp3) is 0.333. The molecule has 1 saturated heterocycles. The predicted molar refractivity (Wildman–Crippen MR) is 86.6 cm³/mol. The van der Waals surface area contributed by atoms with Gasteiger partial charge in [-0.2, -0.15) is 0 Å². The highest BCUT2D eigenvalue weighted by molar-refractivity contribution is 5.93. The van der Waals surface area contributed by atoms with Gasteiger partial charge in [0, 0.05) is 13.2 Å². The summed E-state index contributed by atoms with van der Waals surface area (Å²) in [7, 11) is 0. The molecule has 132 valence electrons. The number of halogens is 1. The van der Waals surface area contributed by atoms with Crippen molar-refractivity contribution >= 4 is 11.9 Å². The van der Waals surface area contributed by atoms with Crippen LogP contribution in [0.25, 0.3) is 11.3 Å². The van der Waals surface area contributed by atoms with Crippen molar-refractivity contribution in [3.8, 4) is 11.3 Å². The Labute approximate surface area is 143 Å². The largest absolute Gasteiger partial charge is 0.481 e. The van der Waals surface area contributed by atoms with E-state index in [-0.39, 0.29) is 23.5 Å². The number of amides is 1. The van der Waals surface area contributed by atoms with Gasteiger partial charge in [-0.05, 0) is 37.1 Å². The monoisotopic (exact) mass is 347 g/mol. The van der Waals surface area contributed by atoms with E-state index >= 15 is 0 Å². The molecule has 1 amide bonds. The number of carbonyl (C=O) groups is 2. The molecule has 2 heterocycles. The molecule has 1 aliphatic heterocycles. The van der Waals surface area contributed by atoms with Crippen LogP contribution in [0.15, 0.2) is 40.8 Å². The SMILES string of the molecule is O=C(O)CC1(NC(=O)c2ccc(-c3ccccc3F)o2)CCOCC1. The fourth-order valence-corrected chi connectivity index (χ4v) is 2.97. The summed E-state index contributed by atoms with van der Waals surface area (Å²) >= 11 is 0.